The van der Waals surface area contributed by atoms with Gasteiger partial charge in [-0.1, -0.05) is 32.1 Å². The van der Waals surface area contributed by atoms with Crippen LogP contribution in [0.4, 0.5) is 0 Å². The zero-order chi connectivity index (χ0) is 25.9. The first-order valence-electron chi connectivity index (χ1n) is 12.1. The fourth-order valence-corrected chi connectivity index (χ4v) is 7.85. The largest absolute Gasteiger partial charge is 0.459 e. The molecule has 0 unspecified atom stereocenters. The van der Waals surface area contributed by atoms with Crippen LogP contribution in [-0.2, 0) is 23.8 Å². The quantitative estimate of drug-likeness (QED) is 0.257. The van der Waals surface area contributed by atoms with Crippen LogP contribution in [0, 0.1) is 28.6 Å². The molecule has 2 heterocycles. The van der Waals surface area contributed by atoms with Crippen LogP contribution >= 0.6 is 0 Å². The van der Waals surface area contributed by atoms with E-state index in [1.165, 1.54) is 6.92 Å². The van der Waals surface area contributed by atoms with Gasteiger partial charge in [0.1, 0.15) is 12.2 Å². The smallest absolute Gasteiger partial charge is 0.348 e. The normalized spacial score (nSPS) is 52.0. The number of rotatable bonds is 3. The van der Waals surface area contributed by atoms with Gasteiger partial charge in [0, 0.05) is 17.3 Å². The van der Waals surface area contributed by atoms with Crippen LogP contribution < -0.4 is 0 Å². The number of ether oxygens (including phenoxy) is 3. The summed E-state index contributed by atoms with van der Waals surface area (Å²) < 4.78 is 17.3. The van der Waals surface area contributed by atoms with Crippen molar-refractivity contribution in [3.05, 3.63) is 23.8 Å². The second kappa shape index (κ2) is 7.36. The molecule has 0 aromatic heterocycles. The standard InChI is InChI=1S/C25H34O10/c1-6-22(4,31)21(30)35-16-15-11(3)17(27)25(32)20-23(5)12(10(2)7-13(26)18(23)28)8-14(34-19(16)29)24(15,20)9-33-25/h7,12-18,20,26-28,31-32H,3,6,8-9H2,1-2,4-5H3/t12-,13-,14+,15+,16+,17+,18+,20+,22-,23+,24-,25-/m0/s1. The maximum atomic E-state index is 13.2. The molecule has 0 radical (unpaired) electrons. The summed E-state index contributed by atoms with van der Waals surface area (Å²) in [4.78, 5) is 26.0. The van der Waals surface area contributed by atoms with E-state index in [2.05, 4.69) is 6.58 Å². The number of hydrogen-bond acceptors (Lipinski definition) is 10. The maximum Gasteiger partial charge on any atom is 0.348 e. The average Bonchev–Trinajstić information content (AvgIpc) is 3.08. The van der Waals surface area contributed by atoms with Gasteiger partial charge in [0.05, 0.1) is 24.2 Å². The molecule has 1 spiro atoms. The molecule has 4 fully saturated rings. The minimum absolute atomic E-state index is 0.0382. The van der Waals surface area contributed by atoms with Gasteiger partial charge in [-0.05, 0) is 38.2 Å². The fraction of sp³-hybridized carbons (Fsp3) is 0.760. The van der Waals surface area contributed by atoms with E-state index in [4.69, 9.17) is 14.2 Å². The third-order valence-electron chi connectivity index (χ3n) is 9.75. The van der Waals surface area contributed by atoms with Gasteiger partial charge in [-0.2, -0.15) is 0 Å². The van der Waals surface area contributed by atoms with Crippen molar-refractivity contribution in [2.45, 2.75) is 82.4 Å². The van der Waals surface area contributed by atoms with E-state index in [0.29, 0.717) is 0 Å². The molecular weight excluding hydrogens is 460 g/mol. The number of hydrogen-bond donors (Lipinski definition) is 5. The van der Waals surface area contributed by atoms with Gasteiger partial charge < -0.3 is 39.7 Å². The summed E-state index contributed by atoms with van der Waals surface area (Å²) in [6.07, 6.45) is -4.67. The molecule has 0 aromatic carbocycles. The van der Waals surface area contributed by atoms with E-state index in [1.54, 1.807) is 26.8 Å². The van der Waals surface area contributed by atoms with Crippen molar-refractivity contribution >= 4 is 11.9 Å². The van der Waals surface area contributed by atoms with Crippen LogP contribution in [-0.4, -0.2) is 86.0 Å². The van der Waals surface area contributed by atoms with Crippen molar-refractivity contribution in [1.29, 1.82) is 0 Å². The summed E-state index contributed by atoms with van der Waals surface area (Å²) >= 11 is 0. The summed E-state index contributed by atoms with van der Waals surface area (Å²) in [6, 6.07) is 0. The van der Waals surface area contributed by atoms with Gasteiger partial charge in [-0.25, -0.2) is 9.59 Å². The number of aliphatic hydroxyl groups excluding tert-OH is 3. The zero-order valence-corrected chi connectivity index (χ0v) is 20.3. The average molecular weight is 495 g/mol. The van der Waals surface area contributed by atoms with E-state index < -0.39 is 82.4 Å². The summed E-state index contributed by atoms with van der Waals surface area (Å²) in [5.74, 6) is -6.46. The molecule has 5 aliphatic rings. The molecular formula is C25H34O10. The van der Waals surface area contributed by atoms with Gasteiger partial charge in [0.15, 0.2) is 11.4 Å². The molecule has 5 N–H and O–H groups in total. The molecule has 10 nitrogen and oxygen atoms in total. The van der Waals surface area contributed by atoms with Crippen molar-refractivity contribution in [2.24, 2.45) is 28.6 Å². The molecule has 2 saturated carbocycles. The maximum absolute atomic E-state index is 13.2. The second-order valence-electron chi connectivity index (χ2n) is 11.4. The fourth-order valence-electron chi connectivity index (χ4n) is 7.85. The third-order valence-corrected chi connectivity index (χ3v) is 9.75. The highest BCUT2D eigenvalue weighted by Crippen LogP contribution is 2.73. The van der Waals surface area contributed by atoms with Gasteiger partial charge in [-0.3, -0.25) is 0 Å². The number of carbonyl (C=O) groups is 2. The van der Waals surface area contributed by atoms with E-state index in [-0.39, 0.29) is 25.0 Å². The van der Waals surface area contributed by atoms with Crippen molar-refractivity contribution in [3.8, 4) is 0 Å². The minimum Gasteiger partial charge on any atom is -0.459 e. The van der Waals surface area contributed by atoms with Crippen LogP contribution in [0.2, 0.25) is 0 Å². The molecule has 194 valence electrons. The highest BCUT2D eigenvalue weighted by Gasteiger charge is 2.83. The Bertz CT molecular complexity index is 1020. The first-order valence-corrected chi connectivity index (χ1v) is 12.1. The molecule has 12 atom stereocenters. The van der Waals surface area contributed by atoms with E-state index in [9.17, 15) is 35.1 Å². The van der Waals surface area contributed by atoms with Gasteiger partial charge in [0.25, 0.3) is 0 Å². The monoisotopic (exact) mass is 494 g/mol. The first-order chi connectivity index (χ1) is 16.2. The van der Waals surface area contributed by atoms with Crippen molar-refractivity contribution in [1.82, 2.24) is 0 Å². The molecule has 10 heteroatoms. The van der Waals surface area contributed by atoms with Crippen molar-refractivity contribution in [3.63, 3.8) is 0 Å². The first kappa shape index (κ1) is 24.9. The third kappa shape index (κ3) is 2.81. The Morgan fingerprint density at radius 2 is 2.00 bits per heavy atom. The summed E-state index contributed by atoms with van der Waals surface area (Å²) in [7, 11) is 0. The number of esters is 2. The molecule has 3 aliphatic carbocycles. The lowest BCUT2D eigenvalue weighted by atomic mass is 9.38. The SMILES string of the molecule is C=C1[C@@H](O)[C@]2(O)OC[C@@]34[C@H]1[C@@H](OC(=O)[C@@](C)(O)CC)C(=O)O[C@@H]3C[C@H]1C(C)=C[C@H](O)[C@@H](O)[C@]1(C)[C@@H]24. The highest BCUT2D eigenvalue weighted by molar-refractivity contribution is 5.85. The molecule has 0 aromatic rings. The van der Waals surface area contributed by atoms with Crippen LogP contribution in [0.25, 0.3) is 0 Å². The number of allylic oxidation sites excluding steroid dienone is 1. The minimum atomic E-state index is -2.18. The van der Waals surface area contributed by atoms with E-state index in [1.807, 2.05) is 0 Å². The van der Waals surface area contributed by atoms with Crippen LogP contribution in [0.3, 0.4) is 0 Å². The number of carbonyl (C=O) groups excluding carboxylic acids is 2. The summed E-state index contributed by atoms with van der Waals surface area (Å²) in [5, 5.41) is 55.4. The Morgan fingerprint density at radius 1 is 1.34 bits per heavy atom. The Hall–Kier alpha value is -1.82. The van der Waals surface area contributed by atoms with Gasteiger partial charge in [0.2, 0.25) is 6.10 Å². The molecule has 2 saturated heterocycles. The Labute approximate surface area is 203 Å². The second-order valence-corrected chi connectivity index (χ2v) is 11.4. The zero-order valence-electron chi connectivity index (χ0n) is 20.3. The van der Waals surface area contributed by atoms with E-state index >= 15 is 0 Å². The van der Waals surface area contributed by atoms with Gasteiger partial charge >= 0.3 is 11.9 Å². The van der Waals surface area contributed by atoms with Crippen molar-refractivity contribution < 1.29 is 49.3 Å². The Kier molecular flexibility index (Phi) is 5.23. The molecule has 0 amide bonds. The number of aliphatic hydroxyl groups is 5. The van der Waals surface area contributed by atoms with Crippen LogP contribution in [0.1, 0.15) is 40.5 Å². The lowest BCUT2D eigenvalue weighted by molar-refractivity contribution is -0.318. The highest BCUT2D eigenvalue weighted by atomic mass is 16.7. The Balaban J connectivity index is 1.69. The molecule has 35 heavy (non-hydrogen) atoms. The summed E-state index contributed by atoms with van der Waals surface area (Å²) in [5.41, 5.74) is -3.43. The molecule has 2 bridgehead atoms. The van der Waals surface area contributed by atoms with E-state index in [0.717, 1.165) is 5.57 Å². The Morgan fingerprint density at radius 3 is 2.63 bits per heavy atom. The van der Waals surface area contributed by atoms with Gasteiger partial charge in [-0.15, -0.1) is 0 Å². The predicted molar refractivity (Wildman–Crippen MR) is 118 cm³/mol. The summed E-state index contributed by atoms with van der Waals surface area (Å²) in [6.45, 7) is 10.2. The predicted octanol–water partition coefficient (Wildman–Crippen LogP) is -0.439. The van der Waals surface area contributed by atoms with Crippen molar-refractivity contribution in [2.75, 3.05) is 6.61 Å². The molecule has 5 rings (SSSR count). The lowest BCUT2D eigenvalue weighted by Gasteiger charge is -2.67. The topological polar surface area (TPSA) is 163 Å². The van der Waals surface area contributed by atoms with Crippen LogP contribution in [0.15, 0.2) is 23.8 Å². The number of fused-ring (bicyclic) bond motifs is 1. The van der Waals surface area contributed by atoms with Crippen LogP contribution in [0.5, 0.6) is 0 Å². The lowest BCUT2D eigenvalue weighted by Crippen LogP contribution is -2.77. The molecule has 2 aliphatic heterocycles.